The zero-order valence-electron chi connectivity index (χ0n) is 14.4. The second kappa shape index (κ2) is 9.36. The lowest BCUT2D eigenvalue weighted by Crippen LogP contribution is -2.15. The Kier molecular flexibility index (Phi) is 7.15. The van der Waals surface area contributed by atoms with Crippen LogP contribution in [0.2, 0.25) is 0 Å². The predicted molar refractivity (Wildman–Crippen MR) is 98.1 cm³/mol. The molecule has 1 atom stereocenters. The third kappa shape index (κ3) is 5.72. The average molecular weight is 311 g/mol. The number of benzene rings is 2. The van der Waals surface area contributed by atoms with Crippen molar-refractivity contribution in [3.8, 4) is 5.75 Å². The average Bonchev–Trinajstić information content (AvgIpc) is 2.58. The molecule has 0 saturated heterocycles. The molecular formula is C21H29NO. The molecule has 0 saturated carbocycles. The first-order chi connectivity index (χ1) is 11.2. The second-order valence-electron chi connectivity index (χ2n) is 6.25. The van der Waals surface area contributed by atoms with Crippen LogP contribution in [0.15, 0.2) is 48.5 Å². The van der Waals surface area contributed by atoms with Gasteiger partial charge in [-0.15, -0.1) is 0 Å². The van der Waals surface area contributed by atoms with Crippen molar-refractivity contribution < 1.29 is 4.74 Å². The molecule has 0 amide bonds. The zero-order valence-corrected chi connectivity index (χ0v) is 14.4. The Morgan fingerprint density at radius 3 is 2.52 bits per heavy atom. The Morgan fingerprint density at radius 1 is 1.04 bits per heavy atom. The van der Waals surface area contributed by atoms with Crippen molar-refractivity contribution in [2.45, 2.75) is 45.4 Å². The van der Waals surface area contributed by atoms with Crippen molar-refractivity contribution in [2.24, 2.45) is 5.73 Å². The number of aryl methyl sites for hydroxylation is 1. The maximum Gasteiger partial charge on any atom is 0.119 e. The van der Waals surface area contributed by atoms with Crippen LogP contribution in [0.5, 0.6) is 5.75 Å². The van der Waals surface area contributed by atoms with Crippen molar-refractivity contribution in [3.63, 3.8) is 0 Å². The van der Waals surface area contributed by atoms with Crippen LogP contribution in [0.4, 0.5) is 0 Å². The van der Waals surface area contributed by atoms with E-state index in [1.165, 1.54) is 29.5 Å². The monoisotopic (exact) mass is 311 g/mol. The van der Waals surface area contributed by atoms with Gasteiger partial charge >= 0.3 is 0 Å². The topological polar surface area (TPSA) is 35.2 Å². The van der Waals surface area contributed by atoms with Crippen LogP contribution in [0.1, 0.15) is 48.8 Å². The highest BCUT2D eigenvalue weighted by Gasteiger charge is 2.11. The van der Waals surface area contributed by atoms with Crippen LogP contribution in [0, 0.1) is 6.92 Å². The third-order valence-electron chi connectivity index (χ3n) is 4.23. The lowest BCUT2D eigenvalue weighted by molar-refractivity contribution is 0.306. The lowest BCUT2D eigenvalue weighted by Gasteiger charge is -2.16. The summed E-state index contributed by atoms with van der Waals surface area (Å²) in [7, 11) is 0. The van der Waals surface area contributed by atoms with E-state index in [9.17, 15) is 0 Å². The molecule has 23 heavy (non-hydrogen) atoms. The number of rotatable bonds is 9. The van der Waals surface area contributed by atoms with Crippen molar-refractivity contribution in [3.05, 3.63) is 65.2 Å². The number of nitrogens with two attached hydrogens (primary N) is 1. The van der Waals surface area contributed by atoms with E-state index < -0.39 is 0 Å². The summed E-state index contributed by atoms with van der Waals surface area (Å²) in [4.78, 5) is 0. The number of ether oxygens (including phenoxy) is 1. The van der Waals surface area contributed by atoms with Gasteiger partial charge in [0.1, 0.15) is 5.75 Å². The lowest BCUT2D eigenvalue weighted by atomic mass is 9.91. The Hall–Kier alpha value is -1.80. The Bertz CT molecular complexity index is 577. The standard InChI is InChI=1S/C21H29NO/c1-3-4-5-13-23-21-8-6-7-18(15-21)14-20(16-22)19-11-9-17(2)10-12-19/h6-12,15,20H,3-5,13-14,16,22H2,1-2H3. The zero-order chi connectivity index (χ0) is 16.5. The largest absolute Gasteiger partial charge is 0.494 e. The smallest absolute Gasteiger partial charge is 0.119 e. The van der Waals surface area contributed by atoms with Gasteiger partial charge in [-0.05, 0) is 49.6 Å². The molecule has 0 radical (unpaired) electrons. The summed E-state index contributed by atoms with van der Waals surface area (Å²) in [5.41, 5.74) is 9.89. The molecule has 2 aromatic carbocycles. The first-order valence-corrected chi connectivity index (χ1v) is 8.71. The highest BCUT2D eigenvalue weighted by molar-refractivity contribution is 5.32. The summed E-state index contributed by atoms with van der Waals surface area (Å²) in [5.74, 6) is 1.32. The molecule has 2 N–H and O–H groups in total. The summed E-state index contributed by atoms with van der Waals surface area (Å²) in [6, 6.07) is 17.1. The third-order valence-corrected chi connectivity index (χ3v) is 4.23. The molecule has 0 aliphatic heterocycles. The van der Waals surface area contributed by atoms with Crippen LogP contribution in [-0.4, -0.2) is 13.2 Å². The minimum atomic E-state index is 0.353. The molecule has 0 heterocycles. The summed E-state index contributed by atoms with van der Waals surface area (Å²) >= 11 is 0. The molecule has 0 spiro atoms. The Labute approximate surface area is 140 Å². The van der Waals surface area contributed by atoms with Gasteiger partial charge in [0.2, 0.25) is 0 Å². The van der Waals surface area contributed by atoms with Gasteiger partial charge in [0, 0.05) is 5.92 Å². The summed E-state index contributed by atoms with van der Waals surface area (Å²) in [6.07, 6.45) is 4.52. The Morgan fingerprint density at radius 2 is 1.83 bits per heavy atom. The van der Waals surface area contributed by atoms with E-state index in [0.29, 0.717) is 12.5 Å². The van der Waals surface area contributed by atoms with Crippen LogP contribution in [-0.2, 0) is 6.42 Å². The summed E-state index contributed by atoms with van der Waals surface area (Å²) < 4.78 is 5.85. The van der Waals surface area contributed by atoms with E-state index in [4.69, 9.17) is 10.5 Å². The minimum Gasteiger partial charge on any atom is -0.494 e. The van der Waals surface area contributed by atoms with Gasteiger partial charge in [-0.2, -0.15) is 0 Å². The fraction of sp³-hybridized carbons (Fsp3) is 0.429. The van der Waals surface area contributed by atoms with Crippen molar-refractivity contribution >= 4 is 0 Å². The highest BCUT2D eigenvalue weighted by Crippen LogP contribution is 2.23. The van der Waals surface area contributed by atoms with Crippen molar-refractivity contribution in [1.29, 1.82) is 0 Å². The van der Waals surface area contributed by atoms with Gasteiger partial charge in [-0.3, -0.25) is 0 Å². The molecule has 0 aliphatic carbocycles. The van der Waals surface area contributed by atoms with Gasteiger partial charge in [-0.1, -0.05) is 61.7 Å². The molecule has 2 nitrogen and oxygen atoms in total. The molecule has 2 rings (SSSR count). The van der Waals surface area contributed by atoms with E-state index in [-0.39, 0.29) is 0 Å². The van der Waals surface area contributed by atoms with Crippen molar-refractivity contribution in [1.82, 2.24) is 0 Å². The molecule has 2 heteroatoms. The maximum absolute atomic E-state index is 6.01. The van der Waals surface area contributed by atoms with Crippen LogP contribution in [0.3, 0.4) is 0 Å². The molecule has 0 fully saturated rings. The fourth-order valence-corrected chi connectivity index (χ4v) is 2.76. The van der Waals surface area contributed by atoms with Crippen LogP contribution >= 0.6 is 0 Å². The van der Waals surface area contributed by atoms with E-state index in [2.05, 4.69) is 56.3 Å². The number of hydrogen-bond donors (Lipinski definition) is 1. The normalized spacial score (nSPS) is 12.1. The van der Waals surface area contributed by atoms with Crippen LogP contribution in [0.25, 0.3) is 0 Å². The van der Waals surface area contributed by atoms with E-state index in [1.54, 1.807) is 0 Å². The van der Waals surface area contributed by atoms with E-state index >= 15 is 0 Å². The SMILES string of the molecule is CCCCCOc1cccc(CC(CN)c2ccc(C)cc2)c1. The van der Waals surface area contributed by atoms with E-state index in [0.717, 1.165) is 25.2 Å². The van der Waals surface area contributed by atoms with Gasteiger partial charge in [0.05, 0.1) is 6.61 Å². The Balaban J connectivity index is 1.98. The summed E-state index contributed by atoms with van der Waals surface area (Å²) in [6.45, 7) is 5.78. The fourth-order valence-electron chi connectivity index (χ4n) is 2.76. The first kappa shape index (κ1) is 17.6. The minimum absolute atomic E-state index is 0.353. The van der Waals surface area contributed by atoms with E-state index in [1.807, 2.05) is 6.07 Å². The number of unbranched alkanes of at least 4 members (excludes halogenated alkanes) is 2. The molecule has 124 valence electrons. The molecule has 0 aliphatic rings. The maximum atomic E-state index is 6.01. The van der Waals surface area contributed by atoms with Gasteiger partial charge in [-0.25, -0.2) is 0 Å². The molecule has 0 aromatic heterocycles. The quantitative estimate of drug-likeness (QED) is 0.672. The van der Waals surface area contributed by atoms with Gasteiger partial charge in [0.25, 0.3) is 0 Å². The van der Waals surface area contributed by atoms with Gasteiger partial charge in [0.15, 0.2) is 0 Å². The highest BCUT2D eigenvalue weighted by atomic mass is 16.5. The van der Waals surface area contributed by atoms with Crippen LogP contribution < -0.4 is 10.5 Å². The first-order valence-electron chi connectivity index (χ1n) is 8.71. The van der Waals surface area contributed by atoms with Gasteiger partial charge < -0.3 is 10.5 Å². The predicted octanol–water partition coefficient (Wildman–Crippen LogP) is 4.85. The second-order valence-corrected chi connectivity index (χ2v) is 6.25. The molecular weight excluding hydrogens is 282 g/mol. The van der Waals surface area contributed by atoms with Crippen molar-refractivity contribution in [2.75, 3.05) is 13.2 Å². The summed E-state index contributed by atoms with van der Waals surface area (Å²) in [5, 5.41) is 0. The molecule has 0 bridgehead atoms. The molecule has 2 aromatic rings. The molecule has 1 unspecified atom stereocenters. The number of hydrogen-bond acceptors (Lipinski definition) is 2.